The van der Waals surface area contributed by atoms with Gasteiger partial charge in [-0.15, -0.1) is 0 Å². The van der Waals surface area contributed by atoms with Crippen LogP contribution in [0.1, 0.15) is 19.5 Å². The molecule has 18 heavy (non-hydrogen) atoms. The Hall–Kier alpha value is -1.62. The largest absolute Gasteiger partial charge is 0.327 e. The number of benzene rings is 1. The minimum Gasteiger partial charge on any atom is -0.327 e. The summed E-state index contributed by atoms with van der Waals surface area (Å²) in [6, 6.07) is 7.94. The van der Waals surface area contributed by atoms with Gasteiger partial charge in [0.1, 0.15) is 0 Å². The number of hydrogen-bond acceptors (Lipinski definition) is 2. The summed E-state index contributed by atoms with van der Waals surface area (Å²) in [7, 11) is 0. The van der Waals surface area contributed by atoms with Gasteiger partial charge in [0.2, 0.25) is 11.9 Å². The fourth-order valence-electron chi connectivity index (χ4n) is 1.74. The van der Waals surface area contributed by atoms with Crippen LogP contribution in [0.25, 0.3) is 11.3 Å². The van der Waals surface area contributed by atoms with Crippen molar-refractivity contribution in [2.24, 2.45) is 0 Å². The topological polar surface area (TPSA) is 57.8 Å². The molecule has 1 amide bonds. The summed E-state index contributed by atoms with van der Waals surface area (Å²) in [4.78, 5) is 18.6. The van der Waals surface area contributed by atoms with E-state index in [1.54, 1.807) is 0 Å². The van der Waals surface area contributed by atoms with Crippen LogP contribution in [-0.4, -0.2) is 15.9 Å². The molecule has 94 valence electrons. The first-order chi connectivity index (χ1) is 8.60. The van der Waals surface area contributed by atoms with Crippen LogP contribution in [-0.2, 0) is 11.2 Å². The van der Waals surface area contributed by atoms with E-state index in [0.29, 0.717) is 5.95 Å². The van der Waals surface area contributed by atoms with Crippen LogP contribution in [0.4, 0.5) is 5.95 Å². The molecule has 0 fully saturated rings. The number of aromatic amines is 1. The molecule has 2 rings (SSSR count). The van der Waals surface area contributed by atoms with Gasteiger partial charge in [0, 0.05) is 22.7 Å². The molecular formula is C13H14BrN3O. The lowest BCUT2D eigenvalue weighted by molar-refractivity contribution is -0.114. The van der Waals surface area contributed by atoms with Gasteiger partial charge in [0.05, 0.1) is 5.69 Å². The fourth-order valence-corrected chi connectivity index (χ4v) is 2.00. The summed E-state index contributed by atoms with van der Waals surface area (Å²) in [5.41, 5.74) is 2.93. The quantitative estimate of drug-likeness (QED) is 0.913. The second kappa shape index (κ2) is 5.35. The number of rotatable bonds is 3. The Balaban J connectivity index is 2.39. The van der Waals surface area contributed by atoms with E-state index in [4.69, 9.17) is 0 Å². The predicted octanol–water partition coefficient (Wildman–Crippen LogP) is 3.36. The lowest BCUT2D eigenvalue weighted by Crippen LogP contribution is -2.07. The van der Waals surface area contributed by atoms with E-state index < -0.39 is 0 Å². The first kappa shape index (κ1) is 12.8. The highest BCUT2D eigenvalue weighted by Crippen LogP contribution is 2.25. The van der Waals surface area contributed by atoms with E-state index in [1.807, 2.05) is 31.2 Å². The number of hydrogen-bond donors (Lipinski definition) is 2. The number of anilines is 1. The Morgan fingerprint density at radius 2 is 2.06 bits per heavy atom. The number of nitrogens with zero attached hydrogens (tertiary/aromatic N) is 1. The molecule has 5 heteroatoms. The van der Waals surface area contributed by atoms with Crippen LogP contribution < -0.4 is 5.32 Å². The molecule has 0 radical (unpaired) electrons. The Bertz CT molecular complexity index is 560. The van der Waals surface area contributed by atoms with Gasteiger partial charge in [-0.3, -0.25) is 10.1 Å². The Labute approximate surface area is 114 Å². The molecule has 0 atom stereocenters. The minimum absolute atomic E-state index is 0.131. The van der Waals surface area contributed by atoms with Crippen molar-refractivity contribution >= 4 is 27.8 Å². The van der Waals surface area contributed by atoms with Gasteiger partial charge in [-0.1, -0.05) is 35.0 Å². The van der Waals surface area contributed by atoms with E-state index >= 15 is 0 Å². The number of H-pyrrole nitrogens is 1. The van der Waals surface area contributed by atoms with Crippen LogP contribution in [0.3, 0.4) is 0 Å². The smallest absolute Gasteiger partial charge is 0.223 e. The van der Waals surface area contributed by atoms with Crippen LogP contribution in [0.5, 0.6) is 0 Å². The molecule has 2 N–H and O–H groups in total. The summed E-state index contributed by atoms with van der Waals surface area (Å²) in [6.07, 6.45) is 0.831. The van der Waals surface area contributed by atoms with Gasteiger partial charge in [-0.05, 0) is 18.6 Å². The van der Waals surface area contributed by atoms with Gasteiger partial charge in [0.15, 0.2) is 0 Å². The van der Waals surface area contributed by atoms with Crippen LogP contribution in [0, 0.1) is 0 Å². The van der Waals surface area contributed by atoms with Gasteiger partial charge in [0.25, 0.3) is 0 Å². The Morgan fingerprint density at radius 3 is 2.61 bits per heavy atom. The van der Waals surface area contributed by atoms with Crippen LogP contribution in [0.2, 0.25) is 0 Å². The molecule has 0 aliphatic rings. The van der Waals surface area contributed by atoms with E-state index in [9.17, 15) is 4.79 Å². The van der Waals surface area contributed by atoms with Crippen molar-refractivity contribution in [3.63, 3.8) is 0 Å². The summed E-state index contributed by atoms with van der Waals surface area (Å²) < 4.78 is 1.03. The predicted molar refractivity (Wildman–Crippen MR) is 75.4 cm³/mol. The van der Waals surface area contributed by atoms with Crippen molar-refractivity contribution in [2.75, 3.05) is 5.32 Å². The molecular weight excluding hydrogens is 294 g/mol. The average Bonchev–Trinajstić information content (AvgIpc) is 2.72. The number of nitrogens with one attached hydrogen (secondary N) is 2. The monoisotopic (exact) mass is 307 g/mol. The van der Waals surface area contributed by atoms with Crippen LogP contribution in [0.15, 0.2) is 28.7 Å². The second-order valence-corrected chi connectivity index (χ2v) is 4.87. The number of carbonyl (C=O) groups excluding carboxylic acids is 1. The number of carbonyl (C=O) groups is 1. The third-order valence-electron chi connectivity index (χ3n) is 2.54. The van der Waals surface area contributed by atoms with Crippen molar-refractivity contribution in [2.45, 2.75) is 20.3 Å². The fraction of sp³-hybridized carbons (Fsp3) is 0.231. The van der Waals surface area contributed by atoms with E-state index in [1.165, 1.54) is 6.92 Å². The highest BCUT2D eigenvalue weighted by Gasteiger charge is 2.11. The molecule has 0 bridgehead atoms. The summed E-state index contributed by atoms with van der Waals surface area (Å²) in [5, 5.41) is 2.67. The Morgan fingerprint density at radius 1 is 1.39 bits per heavy atom. The van der Waals surface area contributed by atoms with Gasteiger partial charge < -0.3 is 4.98 Å². The molecule has 0 unspecified atom stereocenters. The standard InChI is InChI=1S/C13H14BrN3O/c1-3-11-12(9-4-6-10(14)7-5-9)17-13(16-11)15-8(2)18/h4-7H,3H2,1-2H3,(H2,15,16,17,18). The molecule has 0 aliphatic heterocycles. The zero-order valence-electron chi connectivity index (χ0n) is 10.2. The molecule has 1 aromatic heterocycles. The molecule has 4 nitrogen and oxygen atoms in total. The van der Waals surface area contributed by atoms with Gasteiger partial charge in [-0.25, -0.2) is 4.98 Å². The van der Waals surface area contributed by atoms with Crippen molar-refractivity contribution in [1.29, 1.82) is 0 Å². The van der Waals surface area contributed by atoms with E-state index in [2.05, 4.69) is 31.2 Å². The van der Waals surface area contributed by atoms with Gasteiger partial charge >= 0.3 is 0 Å². The number of amides is 1. The maximum atomic E-state index is 11.0. The SMILES string of the molecule is CCc1[nH]c(NC(C)=O)nc1-c1ccc(Br)cc1. The Kier molecular flexibility index (Phi) is 3.81. The highest BCUT2D eigenvalue weighted by atomic mass is 79.9. The second-order valence-electron chi connectivity index (χ2n) is 3.95. The van der Waals surface area contributed by atoms with E-state index in [0.717, 1.165) is 27.8 Å². The average molecular weight is 308 g/mol. The van der Waals surface area contributed by atoms with Crippen molar-refractivity contribution in [3.8, 4) is 11.3 Å². The number of halogens is 1. The van der Waals surface area contributed by atoms with Gasteiger partial charge in [-0.2, -0.15) is 0 Å². The van der Waals surface area contributed by atoms with Crippen molar-refractivity contribution < 1.29 is 4.79 Å². The molecule has 0 saturated heterocycles. The highest BCUT2D eigenvalue weighted by molar-refractivity contribution is 9.10. The maximum absolute atomic E-state index is 11.0. The first-order valence-electron chi connectivity index (χ1n) is 5.72. The molecule has 0 spiro atoms. The zero-order valence-corrected chi connectivity index (χ0v) is 11.8. The number of aryl methyl sites for hydroxylation is 1. The summed E-state index contributed by atoms with van der Waals surface area (Å²) in [5.74, 6) is 0.367. The minimum atomic E-state index is -0.131. The third kappa shape index (κ3) is 2.79. The lowest BCUT2D eigenvalue weighted by Gasteiger charge is -1.99. The normalized spacial score (nSPS) is 10.4. The first-order valence-corrected chi connectivity index (χ1v) is 6.52. The lowest BCUT2D eigenvalue weighted by atomic mass is 10.1. The molecule has 2 aromatic rings. The molecule has 0 aliphatic carbocycles. The molecule has 1 aromatic carbocycles. The third-order valence-corrected chi connectivity index (χ3v) is 3.07. The summed E-state index contributed by atoms with van der Waals surface area (Å²) >= 11 is 3.41. The van der Waals surface area contributed by atoms with Crippen LogP contribution >= 0.6 is 15.9 Å². The van der Waals surface area contributed by atoms with E-state index in [-0.39, 0.29) is 5.91 Å². The van der Waals surface area contributed by atoms with Crippen molar-refractivity contribution in [3.05, 3.63) is 34.4 Å². The molecule has 1 heterocycles. The zero-order chi connectivity index (χ0) is 13.1. The maximum Gasteiger partial charge on any atom is 0.223 e. The molecule has 0 saturated carbocycles. The van der Waals surface area contributed by atoms with Crippen molar-refractivity contribution in [1.82, 2.24) is 9.97 Å². The number of aromatic nitrogens is 2. The summed E-state index contributed by atoms with van der Waals surface area (Å²) in [6.45, 7) is 3.51. The number of imidazole rings is 1.